The fourth-order valence-electron chi connectivity index (χ4n) is 2.03. The van der Waals surface area contributed by atoms with Crippen molar-refractivity contribution in [1.29, 1.82) is 0 Å². The summed E-state index contributed by atoms with van der Waals surface area (Å²) in [6.07, 6.45) is 0.917. The van der Waals surface area contributed by atoms with E-state index in [1.165, 1.54) is 6.07 Å². The number of nitrogens with one attached hydrogen (secondary N) is 1. The summed E-state index contributed by atoms with van der Waals surface area (Å²) in [5.74, 6) is -0.175. The van der Waals surface area contributed by atoms with E-state index in [1.807, 2.05) is 13.1 Å². The van der Waals surface area contributed by atoms with Crippen LogP contribution in [0.1, 0.15) is 12.0 Å². The van der Waals surface area contributed by atoms with Gasteiger partial charge >= 0.3 is 0 Å². The van der Waals surface area contributed by atoms with Crippen LogP contribution in [0.4, 0.5) is 10.1 Å². The fourth-order valence-corrected chi connectivity index (χ4v) is 2.03. The van der Waals surface area contributed by atoms with Gasteiger partial charge in [-0.1, -0.05) is 6.07 Å². The van der Waals surface area contributed by atoms with Crippen LogP contribution < -0.4 is 10.2 Å². The monoisotopic (exact) mass is 284 g/mol. The molecule has 0 unspecified atom stereocenters. The maximum Gasteiger partial charge on any atom is 0.129 e. The van der Waals surface area contributed by atoms with Crippen LogP contribution >= 0.6 is 0 Å². The molecule has 1 rings (SSSR count). The third-order valence-electron chi connectivity index (χ3n) is 3.13. The predicted octanol–water partition coefficient (Wildman–Crippen LogP) is 2.03. The second-order valence-corrected chi connectivity index (χ2v) is 4.67. The highest BCUT2D eigenvalue weighted by Crippen LogP contribution is 2.22. The van der Waals surface area contributed by atoms with Crippen molar-refractivity contribution in [3.05, 3.63) is 29.6 Å². The first-order chi connectivity index (χ1) is 9.70. The maximum absolute atomic E-state index is 14.0. The Bertz CT molecular complexity index is 388. The van der Waals surface area contributed by atoms with Crippen LogP contribution in [0.5, 0.6) is 0 Å². The molecule has 5 heteroatoms. The summed E-state index contributed by atoms with van der Waals surface area (Å²) in [7, 11) is 5.32. The predicted molar refractivity (Wildman–Crippen MR) is 79.7 cm³/mol. The van der Waals surface area contributed by atoms with Gasteiger partial charge < -0.3 is 19.7 Å². The molecule has 0 heterocycles. The van der Waals surface area contributed by atoms with Crippen molar-refractivity contribution < 1.29 is 13.9 Å². The van der Waals surface area contributed by atoms with Gasteiger partial charge in [0.1, 0.15) is 5.82 Å². The number of anilines is 1. The van der Waals surface area contributed by atoms with Gasteiger partial charge in [0, 0.05) is 58.8 Å². The van der Waals surface area contributed by atoms with Crippen LogP contribution in [0.2, 0.25) is 0 Å². The highest BCUT2D eigenvalue weighted by atomic mass is 19.1. The SMILES string of the molecule is COCCCN(C)c1cccc(F)c1CNCCOC. The molecular weight excluding hydrogens is 259 g/mol. The first-order valence-corrected chi connectivity index (χ1v) is 6.87. The van der Waals surface area contributed by atoms with Crippen molar-refractivity contribution in [1.82, 2.24) is 5.32 Å². The van der Waals surface area contributed by atoms with Crippen molar-refractivity contribution in [2.45, 2.75) is 13.0 Å². The molecular formula is C15H25FN2O2. The van der Waals surface area contributed by atoms with E-state index >= 15 is 0 Å². The lowest BCUT2D eigenvalue weighted by Gasteiger charge is -2.23. The maximum atomic E-state index is 14.0. The van der Waals surface area contributed by atoms with Gasteiger partial charge in [-0.05, 0) is 18.6 Å². The highest BCUT2D eigenvalue weighted by Gasteiger charge is 2.11. The second kappa shape index (κ2) is 9.69. The Kier molecular flexibility index (Phi) is 8.18. The van der Waals surface area contributed by atoms with Crippen LogP contribution in [0.25, 0.3) is 0 Å². The minimum Gasteiger partial charge on any atom is -0.385 e. The van der Waals surface area contributed by atoms with Crippen LogP contribution in [-0.2, 0) is 16.0 Å². The molecule has 1 aromatic carbocycles. The molecule has 0 aromatic heterocycles. The van der Waals surface area contributed by atoms with Gasteiger partial charge in [0.2, 0.25) is 0 Å². The third-order valence-corrected chi connectivity index (χ3v) is 3.13. The minimum atomic E-state index is -0.175. The molecule has 0 radical (unpaired) electrons. The lowest BCUT2D eigenvalue weighted by molar-refractivity contribution is 0.196. The Labute approximate surface area is 120 Å². The smallest absolute Gasteiger partial charge is 0.129 e. The molecule has 0 bridgehead atoms. The van der Waals surface area contributed by atoms with E-state index in [9.17, 15) is 4.39 Å². The van der Waals surface area contributed by atoms with Crippen LogP contribution in [-0.4, -0.2) is 47.6 Å². The average molecular weight is 284 g/mol. The average Bonchev–Trinajstić information content (AvgIpc) is 2.45. The van der Waals surface area contributed by atoms with Crippen LogP contribution in [0.15, 0.2) is 18.2 Å². The number of hydrogen-bond donors (Lipinski definition) is 1. The zero-order valence-electron chi connectivity index (χ0n) is 12.6. The number of halogens is 1. The van der Waals surface area contributed by atoms with E-state index in [0.29, 0.717) is 31.9 Å². The molecule has 4 nitrogen and oxygen atoms in total. The lowest BCUT2D eigenvalue weighted by atomic mass is 10.1. The number of nitrogens with zero attached hydrogens (tertiary/aromatic N) is 1. The zero-order chi connectivity index (χ0) is 14.8. The van der Waals surface area contributed by atoms with Gasteiger partial charge in [0.25, 0.3) is 0 Å². The number of methoxy groups -OCH3 is 2. The quantitative estimate of drug-likeness (QED) is 0.667. The molecule has 0 aliphatic carbocycles. The Balaban J connectivity index is 2.66. The highest BCUT2D eigenvalue weighted by molar-refractivity contribution is 5.53. The van der Waals surface area contributed by atoms with Crippen LogP contribution in [0.3, 0.4) is 0 Å². The van der Waals surface area contributed by atoms with E-state index in [0.717, 1.165) is 18.7 Å². The van der Waals surface area contributed by atoms with E-state index in [-0.39, 0.29) is 5.82 Å². The van der Waals surface area contributed by atoms with Crippen molar-refractivity contribution in [3.63, 3.8) is 0 Å². The molecule has 114 valence electrons. The summed E-state index contributed by atoms with van der Waals surface area (Å²) in [6.45, 7) is 3.37. The molecule has 1 N–H and O–H groups in total. The van der Waals surface area contributed by atoms with E-state index in [4.69, 9.17) is 9.47 Å². The van der Waals surface area contributed by atoms with E-state index < -0.39 is 0 Å². The molecule has 0 atom stereocenters. The lowest BCUT2D eigenvalue weighted by Crippen LogP contribution is -2.25. The van der Waals surface area contributed by atoms with Gasteiger partial charge in [-0.15, -0.1) is 0 Å². The van der Waals surface area contributed by atoms with Crippen molar-refractivity contribution >= 4 is 5.69 Å². The molecule has 0 fully saturated rings. The molecule has 0 spiro atoms. The molecule has 0 aliphatic heterocycles. The Morgan fingerprint density at radius 2 is 1.95 bits per heavy atom. The van der Waals surface area contributed by atoms with Gasteiger partial charge in [0.15, 0.2) is 0 Å². The Morgan fingerprint density at radius 1 is 1.20 bits per heavy atom. The van der Waals surface area contributed by atoms with Crippen molar-refractivity contribution in [2.24, 2.45) is 0 Å². The van der Waals surface area contributed by atoms with E-state index in [1.54, 1.807) is 20.3 Å². The number of hydrogen-bond acceptors (Lipinski definition) is 4. The molecule has 0 saturated carbocycles. The van der Waals surface area contributed by atoms with Gasteiger partial charge in [-0.25, -0.2) is 4.39 Å². The summed E-state index contributed by atoms with van der Waals surface area (Å²) >= 11 is 0. The normalized spacial score (nSPS) is 10.8. The first-order valence-electron chi connectivity index (χ1n) is 6.87. The largest absolute Gasteiger partial charge is 0.385 e. The second-order valence-electron chi connectivity index (χ2n) is 4.67. The fraction of sp³-hybridized carbons (Fsp3) is 0.600. The van der Waals surface area contributed by atoms with Gasteiger partial charge in [-0.2, -0.15) is 0 Å². The zero-order valence-corrected chi connectivity index (χ0v) is 12.6. The number of ether oxygens (including phenoxy) is 2. The molecule has 0 aliphatic rings. The summed E-state index contributed by atoms with van der Waals surface area (Å²) in [6, 6.07) is 5.19. The third kappa shape index (κ3) is 5.45. The van der Waals surface area contributed by atoms with Gasteiger partial charge in [0.05, 0.1) is 6.61 Å². The summed E-state index contributed by atoms with van der Waals surface area (Å²) in [4.78, 5) is 2.06. The number of benzene rings is 1. The Morgan fingerprint density at radius 3 is 2.65 bits per heavy atom. The molecule has 20 heavy (non-hydrogen) atoms. The molecule has 1 aromatic rings. The number of rotatable bonds is 10. The standard InChI is InChI=1S/C15H25FN2O2/c1-18(9-5-10-19-2)15-7-4-6-14(16)13(15)12-17-8-11-20-3/h4,6-7,17H,5,8-12H2,1-3H3. The molecule has 0 amide bonds. The van der Waals surface area contributed by atoms with E-state index in [2.05, 4.69) is 10.2 Å². The first kappa shape index (κ1) is 16.9. The topological polar surface area (TPSA) is 33.7 Å². The summed E-state index contributed by atoms with van der Waals surface area (Å²) < 4.78 is 24.0. The molecule has 0 saturated heterocycles. The van der Waals surface area contributed by atoms with Crippen molar-refractivity contribution in [3.8, 4) is 0 Å². The van der Waals surface area contributed by atoms with Crippen LogP contribution in [0, 0.1) is 5.82 Å². The van der Waals surface area contributed by atoms with Crippen molar-refractivity contribution in [2.75, 3.05) is 52.5 Å². The summed E-state index contributed by atoms with van der Waals surface area (Å²) in [5, 5.41) is 3.19. The minimum absolute atomic E-state index is 0.175. The Hall–Kier alpha value is -1.17. The summed E-state index contributed by atoms with van der Waals surface area (Å²) in [5.41, 5.74) is 1.62. The van der Waals surface area contributed by atoms with Gasteiger partial charge in [-0.3, -0.25) is 0 Å².